The molecule has 0 spiro atoms. The standard InChI is InChI=1S/C17H21NO2S/c1-3-18(13(2)10-15-8-9-21-12-15)11-14-4-6-16(7-5-14)17(19)20/h4-9,12-13H,3,10-11H2,1-2H3,(H,19,20). The molecule has 112 valence electrons. The Hall–Kier alpha value is -1.65. The molecule has 0 aliphatic carbocycles. The monoisotopic (exact) mass is 303 g/mol. The Kier molecular flexibility index (Phi) is 5.53. The second-order valence-electron chi connectivity index (χ2n) is 5.25. The number of benzene rings is 1. The van der Waals surface area contributed by atoms with E-state index in [1.165, 1.54) is 5.56 Å². The van der Waals surface area contributed by atoms with Gasteiger partial charge in [-0.1, -0.05) is 19.1 Å². The minimum Gasteiger partial charge on any atom is -0.478 e. The van der Waals surface area contributed by atoms with Crippen LogP contribution in [0.4, 0.5) is 0 Å². The van der Waals surface area contributed by atoms with Crippen molar-refractivity contribution in [3.63, 3.8) is 0 Å². The molecule has 3 nitrogen and oxygen atoms in total. The van der Waals surface area contributed by atoms with E-state index in [2.05, 4.69) is 35.6 Å². The smallest absolute Gasteiger partial charge is 0.335 e. The molecule has 2 rings (SSSR count). The number of likely N-dealkylation sites (N-methyl/N-ethyl adjacent to an activating group) is 1. The van der Waals surface area contributed by atoms with E-state index < -0.39 is 5.97 Å². The molecule has 1 N–H and O–H groups in total. The summed E-state index contributed by atoms with van der Waals surface area (Å²) >= 11 is 1.74. The third-order valence-corrected chi connectivity index (χ3v) is 4.46. The fraction of sp³-hybridized carbons (Fsp3) is 0.353. The number of carbonyl (C=O) groups is 1. The lowest BCUT2D eigenvalue weighted by atomic mass is 10.1. The molecule has 0 amide bonds. The predicted molar refractivity (Wildman–Crippen MR) is 87.0 cm³/mol. The zero-order chi connectivity index (χ0) is 15.2. The summed E-state index contributed by atoms with van der Waals surface area (Å²) in [6.07, 6.45) is 1.05. The van der Waals surface area contributed by atoms with Crippen molar-refractivity contribution in [2.75, 3.05) is 6.54 Å². The molecule has 0 saturated heterocycles. The fourth-order valence-corrected chi connectivity index (χ4v) is 3.13. The van der Waals surface area contributed by atoms with Gasteiger partial charge in [0, 0.05) is 12.6 Å². The Morgan fingerprint density at radius 3 is 2.48 bits per heavy atom. The van der Waals surface area contributed by atoms with Gasteiger partial charge in [-0.25, -0.2) is 4.79 Å². The van der Waals surface area contributed by atoms with Crippen LogP contribution in [-0.2, 0) is 13.0 Å². The average molecular weight is 303 g/mol. The van der Waals surface area contributed by atoms with Crippen molar-refractivity contribution in [1.82, 2.24) is 4.90 Å². The molecule has 1 aromatic carbocycles. The molecule has 0 radical (unpaired) electrons. The van der Waals surface area contributed by atoms with E-state index in [0.29, 0.717) is 11.6 Å². The van der Waals surface area contributed by atoms with Crippen LogP contribution in [0.2, 0.25) is 0 Å². The van der Waals surface area contributed by atoms with Crippen molar-refractivity contribution in [1.29, 1.82) is 0 Å². The lowest BCUT2D eigenvalue weighted by Crippen LogP contribution is -2.33. The third-order valence-electron chi connectivity index (χ3n) is 3.73. The van der Waals surface area contributed by atoms with Crippen LogP contribution < -0.4 is 0 Å². The first-order chi connectivity index (χ1) is 10.1. The second kappa shape index (κ2) is 7.38. The summed E-state index contributed by atoms with van der Waals surface area (Å²) in [6.45, 7) is 6.23. The minimum absolute atomic E-state index is 0.341. The van der Waals surface area contributed by atoms with Gasteiger partial charge in [-0.3, -0.25) is 4.90 Å². The Morgan fingerprint density at radius 2 is 1.95 bits per heavy atom. The van der Waals surface area contributed by atoms with Crippen LogP contribution in [-0.4, -0.2) is 28.6 Å². The Balaban J connectivity index is 1.99. The molecule has 0 saturated carbocycles. The van der Waals surface area contributed by atoms with Crippen LogP contribution in [0, 0.1) is 0 Å². The predicted octanol–water partition coefficient (Wildman–Crippen LogP) is 3.90. The number of hydrogen-bond donors (Lipinski definition) is 1. The molecule has 1 aromatic heterocycles. The van der Waals surface area contributed by atoms with E-state index in [1.807, 2.05) is 12.1 Å². The van der Waals surface area contributed by atoms with Crippen molar-refractivity contribution < 1.29 is 9.90 Å². The molecule has 0 bridgehead atoms. The zero-order valence-electron chi connectivity index (χ0n) is 12.5. The van der Waals surface area contributed by atoms with Crippen LogP contribution in [0.1, 0.15) is 35.3 Å². The van der Waals surface area contributed by atoms with Crippen LogP contribution in [0.15, 0.2) is 41.1 Å². The molecule has 1 atom stereocenters. The normalized spacial score (nSPS) is 12.5. The maximum Gasteiger partial charge on any atom is 0.335 e. The van der Waals surface area contributed by atoms with Crippen molar-refractivity contribution in [3.05, 3.63) is 57.8 Å². The van der Waals surface area contributed by atoms with Crippen LogP contribution in [0.3, 0.4) is 0 Å². The van der Waals surface area contributed by atoms with E-state index in [1.54, 1.807) is 23.5 Å². The molecule has 21 heavy (non-hydrogen) atoms. The Morgan fingerprint density at radius 1 is 1.24 bits per heavy atom. The second-order valence-corrected chi connectivity index (χ2v) is 6.03. The summed E-state index contributed by atoms with van der Waals surface area (Å²) in [5.41, 5.74) is 2.87. The first kappa shape index (κ1) is 15.7. The van der Waals surface area contributed by atoms with Gasteiger partial charge in [0.05, 0.1) is 5.56 Å². The van der Waals surface area contributed by atoms with E-state index in [9.17, 15) is 4.79 Å². The van der Waals surface area contributed by atoms with E-state index in [4.69, 9.17) is 5.11 Å². The molecule has 0 aliphatic rings. The van der Waals surface area contributed by atoms with Gasteiger partial charge in [-0.15, -0.1) is 0 Å². The van der Waals surface area contributed by atoms with E-state index in [-0.39, 0.29) is 0 Å². The molecule has 0 fully saturated rings. The number of thiophene rings is 1. The molecule has 1 heterocycles. The van der Waals surface area contributed by atoms with Crippen molar-refractivity contribution in [3.8, 4) is 0 Å². The zero-order valence-corrected chi connectivity index (χ0v) is 13.3. The van der Waals surface area contributed by atoms with Crippen molar-refractivity contribution in [2.24, 2.45) is 0 Å². The molecular weight excluding hydrogens is 282 g/mol. The first-order valence-corrected chi connectivity index (χ1v) is 8.11. The lowest BCUT2D eigenvalue weighted by Gasteiger charge is -2.27. The highest BCUT2D eigenvalue weighted by atomic mass is 32.1. The van der Waals surface area contributed by atoms with Crippen LogP contribution in [0.5, 0.6) is 0 Å². The first-order valence-electron chi connectivity index (χ1n) is 7.17. The van der Waals surface area contributed by atoms with Gasteiger partial charge in [-0.05, 0) is 60.0 Å². The fourth-order valence-electron chi connectivity index (χ4n) is 2.45. The van der Waals surface area contributed by atoms with Gasteiger partial charge >= 0.3 is 5.97 Å². The maximum absolute atomic E-state index is 10.9. The van der Waals surface area contributed by atoms with Crippen LogP contribution in [0.25, 0.3) is 0 Å². The van der Waals surface area contributed by atoms with Gasteiger partial charge in [0.2, 0.25) is 0 Å². The largest absolute Gasteiger partial charge is 0.478 e. The highest BCUT2D eigenvalue weighted by Gasteiger charge is 2.13. The highest BCUT2D eigenvalue weighted by Crippen LogP contribution is 2.15. The molecule has 1 unspecified atom stereocenters. The van der Waals surface area contributed by atoms with E-state index >= 15 is 0 Å². The van der Waals surface area contributed by atoms with E-state index in [0.717, 1.165) is 25.1 Å². The number of hydrogen-bond acceptors (Lipinski definition) is 3. The van der Waals surface area contributed by atoms with Gasteiger partial charge in [0.25, 0.3) is 0 Å². The van der Waals surface area contributed by atoms with Crippen molar-refractivity contribution in [2.45, 2.75) is 32.9 Å². The molecule has 2 aromatic rings. The van der Waals surface area contributed by atoms with Gasteiger partial charge < -0.3 is 5.11 Å². The Labute approximate surface area is 129 Å². The van der Waals surface area contributed by atoms with Gasteiger partial charge in [0.15, 0.2) is 0 Å². The van der Waals surface area contributed by atoms with Gasteiger partial charge in [0.1, 0.15) is 0 Å². The summed E-state index contributed by atoms with van der Waals surface area (Å²) in [5.74, 6) is -0.875. The molecule has 0 aliphatic heterocycles. The number of nitrogens with zero attached hydrogens (tertiary/aromatic N) is 1. The maximum atomic E-state index is 10.9. The molecule has 4 heteroatoms. The number of carboxylic acids is 1. The number of aromatic carboxylic acids is 1. The van der Waals surface area contributed by atoms with Crippen molar-refractivity contribution >= 4 is 17.3 Å². The summed E-state index contributed by atoms with van der Waals surface area (Å²) in [6, 6.07) is 9.80. The third kappa shape index (κ3) is 4.41. The topological polar surface area (TPSA) is 40.5 Å². The van der Waals surface area contributed by atoms with Crippen LogP contribution >= 0.6 is 11.3 Å². The number of rotatable bonds is 7. The average Bonchev–Trinajstić information content (AvgIpc) is 2.98. The minimum atomic E-state index is -0.875. The van der Waals surface area contributed by atoms with Gasteiger partial charge in [-0.2, -0.15) is 11.3 Å². The quantitative estimate of drug-likeness (QED) is 0.843. The summed E-state index contributed by atoms with van der Waals surface area (Å²) < 4.78 is 0. The number of carboxylic acid groups (broad SMARTS) is 1. The lowest BCUT2D eigenvalue weighted by molar-refractivity contribution is 0.0697. The summed E-state index contributed by atoms with van der Waals surface area (Å²) in [5, 5.41) is 13.2. The Bertz CT molecular complexity index is 563. The highest BCUT2D eigenvalue weighted by molar-refractivity contribution is 7.07. The SMILES string of the molecule is CCN(Cc1ccc(C(=O)O)cc1)C(C)Cc1ccsc1. The summed E-state index contributed by atoms with van der Waals surface area (Å²) in [7, 11) is 0. The summed E-state index contributed by atoms with van der Waals surface area (Å²) in [4.78, 5) is 13.3. The molecular formula is C17H21NO2S.